The van der Waals surface area contributed by atoms with E-state index >= 15 is 0 Å². The number of halogens is 4. The van der Waals surface area contributed by atoms with Crippen LogP contribution in [0.5, 0.6) is 0 Å². The van der Waals surface area contributed by atoms with Crippen LogP contribution < -0.4 is 0 Å². The summed E-state index contributed by atoms with van der Waals surface area (Å²) in [6, 6.07) is 20.9. The van der Waals surface area contributed by atoms with Gasteiger partial charge in [0.2, 0.25) is 5.71 Å². The van der Waals surface area contributed by atoms with Gasteiger partial charge >= 0.3 is 0 Å². The lowest BCUT2D eigenvalue weighted by atomic mass is 10.1. The molecule has 0 N–H and O–H groups in total. The van der Waals surface area contributed by atoms with Crippen molar-refractivity contribution in [3.63, 3.8) is 0 Å². The molecule has 176 valence electrons. The molecule has 2 heterocycles. The number of carbonyl (C=O) groups excluding carboxylic acids is 2. The van der Waals surface area contributed by atoms with Gasteiger partial charge in [-0.15, -0.1) is 0 Å². The van der Waals surface area contributed by atoms with Crippen LogP contribution >= 0.6 is 46.4 Å². The van der Waals surface area contributed by atoms with E-state index in [1.807, 2.05) is 71.3 Å². The molecule has 2 aromatic heterocycles. The van der Waals surface area contributed by atoms with Gasteiger partial charge in [0, 0.05) is 17.3 Å². The molecule has 0 fully saturated rings. The van der Waals surface area contributed by atoms with Crippen LogP contribution in [0.1, 0.15) is 26.5 Å². The molecule has 0 spiro atoms. The number of hydrogen-bond acceptors (Lipinski definition) is 4. The maximum absolute atomic E-state index is 13.3. The van der Waals surface area contributed by atoms with E-state index in [4.69, 9.17) is 50.8 Å². The highest BCUT2D eigenvalue weighted by Gasteiger charge is 2.40. The van der Waals surface area contributed by atoms with Crippen LogP contribution in [-0.4, -0.2) is 21.1 Å². The van der Waals surface area contributed by atoms with Crippen molar-refractivity contribution < 1.29 is 14.0 Å². The minimum atomic E-state index is -0.607. The van der Waals surface area contributed by atoms with Crippen molar-refractivity contribution in [2.45, 2.75) is 0 Å². The number of carbonyl (C=O) groups is 2. The quantitative estimate of drug-likeness (QED) is 0.0974. The number of rotatable bonds is 3. The van der Waals surface area contributed by atoms with Crippen molar-refractivity contribution in [3.8, 4) is 17.0 Å². The molecule has 0 amide bonds. The number of aromatic nitrogens is 2. The van der Waals surface area contributed by atoms with E-state index < -0.39 is 11.6 Å². The summed E-state index contributed by atoms with van der Waals surface area (Å²) in [5, 5.41) is -0.395. The van der Waals surface area contributed by atoms with Crippen molar-refractivity contribution in [1.82, 2.24) is 9.55 Å². The molecule has 1 aliphatic rings. The number of nitrogens with zero attached hydrogens (tertiary/aromatic N) is 2. The molecule has 0 saturated heterocycles. The molecule has 0 radical (unpaired) electrons. The Bertz CT molecular complexity index is 1700. The van der Waals surface area contributed by atoms with Gasteiger partial charge in [0.25, 0.3) is 0 Å². The first-order valence-electron chi connectivity index (χ1n) is 10.7. The molecule has 5 aromatic rings. The lowest BCUT2D eigenvalue weighted by molar-refractivity contribution is 0.0990. The van der Waals surface area contributed by atoms with Crippen molar-refractivity contribution in [3.05, 3.63) is 109 Å². The fourth-order valence-electron chi connectivity index (χ4n) is 4.27. The van der Waals surface area contributed by atoms with Gasteiger partial charge in [-0.1, -0.05) is 94.9 Å². The Morgan fingerprint density at radius 1 is 0.750 bits per heavy atom. The fourth-order valence-corrected chi connectivity index (χ4v) is 5.29. The zero-order valence-corrected chi connectivity index (χ0v) is 21.1. The van der Waals surface area contributed by atoms with Gasteiger partial charge in [0.1, 0.15) is 17.1 Å². The third-order valence-electron chi connectivity index (χ3n) is 5.94. The Kier molecular flexibility index (Phi) is 5.54. The average Bonchev–Trinajstić information content (AvgIpc) is 3.53. The minimum absolute atomic E-state index is 0.0693. The normalized spacial score (nSPS) is 13.1. The number of imidazole rings is 1. The van der Waals surface area contributed by atoms with Gasteiger partial charge in [-0.2, -0.15) is 4.98 Å². The van der Waals surface area contributed by atoms with Gasteiger partial charge in [-0.05, 0) is 18.2 Å². The van der Waals surface area contributed by atoms with Crippen molar-refractivity contribution in [2.75, 3.05) is 0 Å². The highest BCUT2D eigenvalue weighted by molar-refractivity contribution is 6.57. The highest BCUT2D eigenvalue weighted by atomic mass is 35.5. The third-order valence-corrected chi connectivity index (χ3v) is 7.74. The summed E-state index contributed by atoms with van der Waals surface area (Å²) >= 11 is 24.8. The van der Waals surface area contributed by atoms with Gasteiger partial charge in [-0.3, -0.25) is 14.2 Å². The summed E-state index contributed by atoms with van der Waals surface area (Å²) in [7, 11) is 0. The van der Waals surface area contributed by atoms with Gasteiger partial charge in [0.05, 0.1) is 36.8 Å². The molecule has 9 heteroatoms. The van der Waals surface area contributed by atoms with Crippen molar-refractivity contribution >= 4 is 75.3 Å². The number of fused-ring (bicyclic) bond motifs is 2. The summed E-state index contributed by atoms with van der Waals surface area (Å²) in [6.07, 6.45) is 1.41. The van der Waals surface area contributed by atoms with E-state index in [1.54, 1.807) is 0 Å². The lowest BCUT2D eigenvalue weighted by Gasteiger charge is -2.07. The second kappa shape index (κ2) is 8.64. The first-order valence-corrected chi connectivity index (χ1v) is 12.2. The number of Topliss-reactive ketones (excluding diaryl/α,β-unsaturated/α-hetero) is 2. The molecule has 3 aromatic carbocycles. The largest absolute Gasteiger partial charge is 0.436 e. The number of benzene rings is 3. The molecular weight excluding hydrogens is 542 g/mol. The minimum Gasteiger partial charge on any atom is -0.436 e. The highest BCUT2D eigenvalue weighted by Crippen LogP contribution is 2.46. The molecule has 6 rings (SSSR count). The molecule has 0 saturated carbocycles. The van der Waals surface area contributed by atoms with Crippen molar-refractivity contribution in [2.24, 2.45) is 0 Å². The summed E-state index contributed by atoms with van der Waals surface area (Å²) in [5.41, 5.74) is 2.39. The molecule has 0 aliphatic heterocycles. The van der Waals surface area contributed by atoms with E-state index in [-0.39, 0.29) is 36.8 Å². The van der Waals surface area contributed by atoms with E-state index in [0.717, 1.165) is 11.3 Å². The predicted octanol–water partition coefficient (Wildman–Crippen LogP) is 8.36. The van der Waals surface area contributed by atoms with E-state index in [0.29, 0.717) is 22.8 Å². The molecular formula is C27H12Cl4N2O3. The van der Waals surface area contributed by atoms with E-state index in [9.17, 15) is 9.59 Å². The Balaban J connectivity index is 1.56. The maximum Gasteiger partial charge on any atom is 0.246 e. The standard InChI is InChI=1S/C27H12Cl4N2O3/c28-21-19-20(22(29)24(31)23(21)30)26(35)15(25(19)34)11-18-32-27-16(33(18)14-9-5-2-6-10-14)12-17(36-27)13-7-3-1-4-8-13/h1-12H. The Morgan fingerprint density at radius 2 is 1.31 bits per heavy atom. The van der Waals surface area contributed by atoms with Crippen LogP contribution in [0.2, 0.25) is 20.1 Å². The first kappa shape index (κ1) is 23.1. The van der Waals surface area contributed by atoms with Crippen LogP contribution in [0, 0.1) is 0 Å². The molecule has 0 atom stereocenters. The van der Waals surface area contributed by atoms with Crippen LogP contribution in [0.15, 0.2) is 76.7 Å². The summed E-state index contributed by atoms with van der Waals surface area (Å²) in [5.74, 6) is -0.252. The van der Waals surface area contributed by atoms with E-state index in [2.05, 4.69) is 4.98 Å². The number of hydrogen-bond donors (Lipinski definition) is 0. The second-order valence-electron chi connectivity index (χ2n) is 8.03. The lowest BCUT2D eigenvalue weighted by Crippen LogP contribution is -2.04. The Labute approximate surface area is 224 Å². The second-order valence-corrected chi connectivity index (χ2v) is 9.54. The van der Waals surface area contributed by atoms with Gasteiger partial charge in [-0.25, -0.2) is 0 Å². The SMILES string of the molecule is O=C1C(=Cc2nc3oc(-c4ccccc4)cc3n2-c2ccccc2)C(=O)c2c(Cl)c(Cl)c(Cl)c(Cl)c21. The van der Waals surface area contributed by atoms with Gasteiger partial charge in [0.15, 0.2) is 11.6 Å². The van der Waals surface area contributed by atoms with Crippen LogP contribution in [0.3, 0.4) is 0 Å². The van der Waals surface area contributed by atoms with Crippen LogP contribution in [0.4, 0.5) is 0 Å². The summed E-state index contributed by atoms with van der Waals surface area (Å²) in [6.45, 7) is 0. The Morgan fingerprint density at radius 3 is 1.89 bits per heavy atom. The van der Waals surface area contributed by atoms with Crippen molar-refractivity contribution in [1.29, 1.82) is 0 Å². The summed E-state index contributed by atoms with van der Waals surface area (Å²) < 4.78 is 7.85. The Hall–Kier alpha value is -3.35. The maximum atomic E-state index is 13.3. The summed E-state index contributed by atoms with van der Waals surface area (Å²) in [4.78, 5) is 31.2. The molecule has 0 bridgehead atoms. The molecule has 0 unspecified atom stereocenters. The third kappa shape index (κ3) is 3.43. The number of ketones is 2. The number of para-hydroxylation sites is 1. The average molecular weight is 554 g/mol. The molecule has 36 heavy (non-hydrogen) atoms. The predicted molar refractivity (Wildman–Crippen MR) is 142 cm³/mol. The number of furan rings is 1. The fraction of sp³-hybridized carbons (Fsp3) is 0. The van der Waals surface area contributed by atoms with Crippen LogP contribution in [-0.2, 0) is 0 Å². The molecule has 1 aliphatic carbocycles. The smallest absolute Gasteiger partial charge is 0.246 e. The topological polar surface area (TPSA) is 65.1 Å². The zero-order chi connectivity index (χ0) is 25.1. The van der Waals surface area contributed by atoms with Crippen LogP contribution in [0.25, 0.3) is 34.3 Å². The van der Waals surface area contributed by atoms with E-state index in [1.165, 1.54) is 6.08 Å². The monoisotopic (exact) mass is 552 g/mol. The molecule has 5 nitrogen and oxygen atoms in total. The number of allylic oxidation sites excluding steroid dienone is 1. The first-order chi connectivity index (χ1) is 17.4. The van der Waals surface area contributed by atoms with Gasteiger partial charge < -0.3 is 4.42 Å². The zero-order valence-electron chi connectivity index (χ0n) is 18.1.